The Hall–Kier alpha value is -3.48. The van der Waals surface area contributed by atoms with Gasteiger partial charge in [-0.3, -0.25) is 5.10 Å². The first-order valence-electron chi connectivity index (χ1n) is 10.2. The maximum Gasteiger partial charge on any atom is 0.288 e. The van der Waals surface area contributed by atoms with Crippen molar-refractivity contribution in [1.82, 2.24) is 25.1 Å². The van der Waals surface area contributed by atoms with Gasteiger partial charge in [0.2, 0.25) is 0 Å². The van der Waals surface area contributed by atoms with E-state index in [0.717, 1.165) is 49.5 Å². The van der Waals surface area contributed by atoms with Crippen LogP contribution in [0.25, 0.3) is 16.1 Å². The van der Waals surface area contributed by atoms with Crippen molar-refractivity contribution in [3.63, 3.8) is 0 Å². The summed E-state index contributed by atoms with van der Waals surface area (Å²) >= 11 is 0. The van der Waals surface area contributed by atoms with Gasteiger partial charge in [0.15, 0.2) is 17.8 Å². The fourth-order valence-electron chi connectivity index (χ4n) is 3.91. The molecule has 0 spiro atoms. The second-order valence-electron chi connectivity index (χ2n) is 7.46. The van der Waals surface area contributed by atoms with Crippen LogP contribution in [0.4, 0.5) is 17.5 Å². The number of nitrogens with zero attached hydrogens (tertiary/aromatic N) is 5. The largest absolute Gasteiger partial charge is 0.496 e. The number of rotatable bonds is 7. The average Bonchev–Trinajstić information content (AvgIpc) is 3.28. The molecule has 1 aromatic carbocycles. The number of aromatic amines is 1. The van der Waals surface area contributed by atoms with E-state index in [9.17, 15) is 0 Å². The average molecular weight is 419 g/mol. The van der Waals surface area contributed by atoms with Crippen molar-refractivity contribution in [3.8, 4) is 17.0 Å². The van der Waals surface area contributed by atoms with Crippen LogP contribution in [0.2, 0.25) is 0 Å². The number of ether oxygens (including phenoxy) is 1. The molecule has 9 nitrogen and oxygen atoms in total. The summed E-state index contributed by atoms with van der Waals surface area (Å²) in [7, 11) is 1.68. The summed E-state index contributed by atoms with van der Waals surface area (Å²) in [6.45, 7) is 9.92. The molecule has 3 N–H and O–H groups in total. The molecule has 1 fully saturated rings. The van der Waals surface area contributed by atoms with Crippen LogP contribution >= 0.6 is 0 Å². The first kappa shape index (κ1) is 20.8. The van der Waals surface area contributed by atoms with Gasteiger partial charge in [-0.1, -0.05) is 12.6 Å². The summed E-state index contributed by atoms with van der Waals surface area (Å²) in [5.41, 5.74) is 3.03. The van der Waals surface area contributed by atoms with Gasteiger partial charge < -0.3 is 24.9 Å². The summed E-state index contributed by atoms with van der Waals surface area (Å²) in [6, 6.07) is 8.22. The fraction of sp³-hybridized carbons (Fsp3) is 0.364. The number of aliphatic hydroxyl groups excluding tert-OH is 1. The first-order chi connectivity index (χ1) is 15.2. The third kappa shape index (κ3) is 4.82. The highest BCUT2D eigenvalue weighted by Crippen LogP contribution is 2.36. The molecule has 1 aliphatic rings. The quantitative estimate of drug-likeness (QED) is 0.505. The van der Waals surface area contributed by atoms with Gasteiger partial charge in [0, 0.05) is 18.2 Å². The highest BCUT2D eigenvalue weighted by molar-refractivity contribution is 5.71. The minimum atomic E-state index is 0.215. The predicted molar refractivity (Wildman–Crippen MR) is 118 cm³/mol. The summed E-state index contributed by atoms with van der Waals surface area (Å²) < 4.78 is 5.68. The number of hydrogen-bond donors (Lipinski definition) is 3. The monoisotopic (exact) mass is 419 g/mol. The molecule has 0 aliphatic carbocycles. The zero-order valence-electron chi connectivity index (χ0n) is 17.4. The number of piperidine rings is 1. The molecular formula is C22H25N7O2. The summed E-state index contributed by atoms with van der Waals surface area (Å²) in [6.07, 6.45) is 5.07. The Balaban J connectivity index is 1.48. The van der Waals surface area contributed by atoms with Gasteiger partial charge in [-0.15, -0.1) is 4.98 Å². The van der Waals surface area contributed by atoms with Crippen LogP contribution in [0, 0.1) is 6.57 Å². The second-order valence-corrected chi connectivity index (χ2v) is 7.46. The van der Waals surface area contributed by atoms with Crippen molar-refractivity contribution in [3.05, 3.63) is 53.6 Å². The number of nitrogens with one attached hydrogen (secondary N) is 2. The molecule has 3 aromatic rings. The van der Waals surface area contributed by atoms with Gasteiger partial charge in [-0.05, 0) is 49.5 Å². The van der Waals surface area contributed by atoms with E-state index in [1.54, 1.807) is 7.11 Å². The molecule has 160 valence electrons. The number of likely N-dealkylation sites (tertiary alicyclic amines) is 1. The summed E-state index contributed by atoms with van der Waals surface area (Å²) in [5.74, 6) is 2.65. The third-order valence-electron chi connectivity index (χ3n) is 5.58. The van der Waals surface area contributed by atoms with E-state index in [1.165, 1.54) is 18.0 Å². The van der Waals surface area contributed by atoms with Gasteiger partial charge in [-0.25, -0.2) is 4.98 Å². The van der Waals surface area contributed by atoms with Crippen LogP contribution < -0.4 is 10.1 Å². The van der Waals surface area contributed by atoms with Crippen LogP contribution in [0.15, 0.2) is 36.7 Å². The van der Waals surface area contributed by atoms with Crippen molar-refractivity contribution >= 4 is 17.5 Å². The standard InChI is InChI=1S/C22H25N7O2/c1-23-21-13-25-22(14-24-21)26-20-12-18(27-28-20)17-4-3-16(11-19(17)31-2)15-5-7-29(8-6-15)9-10-30/h3-4,11-15,30H,5-10H2,2H3,(H2,25,26,27,28). The van der Waals surface area contributed by atoms with E-state index in [0.29, 0.717) is 17.6 Å². The predicted octanol–water partition coefficient (Wildman–Crippen LogP) is 3.34. The minimum Gasteiger partial charge on any atom is -0.496 e. The number of β-amino-alcohol motifs (C(OH)–C–C–N with tert-alkyl or cyclic N) is 1. The lowest BCUT2D eigenvalue weighted by molar-refractivity contribution is 0.164. The van der Waals surface area contributed by atoms with E-state index in [2.05, 4.69) is 53.4 Å². The normalized spacial score (nSPS) is 14.9. The summed E-state index contributed by atoms with van der Waals surface area (Å²) in [5, 5.41) is 19.5. The molecule has 9 heteroatoms. The Bertz CT molecular complexity index is 1050. The third-order valence-corrected chi connectivity index (χ3v) is 5.58. The SMILES string of the molecule is [C-]#[N+]c1cnc(Nc2cc(-c3ccc(C4CCN(CCO)CC4)cc3OC)[nH]n2)cn1. The maximum atomic E-state index is 9.13. The van der Waals surface area contributed by atoms with Crippen molar-refractivity contribution in [2.24, 2.45) is 0 Å². The van der Waals surface area contributed by atoms with Crippen LogP contribution in [-0.4, -0.2) is 63.5 Å². The number of methoxy groups -OCH3 is 1. The molecule has 0 unspecified atom stereocenters. The minimum absolute atomic E-state index is 0.215. The molecule has 0 saturated carbocycles. The lowest BCUT2D eigenvalue weighted by Crippen LogP contribution is -2.34. The number of benzene rings is 1. The Labute approximate surface area is 180 Å². The van der Waals surface area contributed by atoms with Gasteiger partial charge in [0.05, 0.1) is 25.6 Å². The zero-order chi connectivity index (χ0) is 21.6. The molecule has 0 atom stereocenters. The van der Waals surface area contributed by atoms with Crippen molar-refractivity contribution in [1.29, 1.82) is 0 Å². The smallest absolute Gasteiger partial charge is 0.288 e. The molecule has 3 heterocycles. The molecule has 4 rings (SSSR count). The van der Waals surface area contributed by atoms with E-state index in [-0.39, 0.29) is 12.4 Å². The maximum absolute atomic E-state index is 9.13. The second kappa shape index (κ2) is 9.55. The Morgan fingerprint density at radius 2 is 2.06 bits per heavy atom. The van der Waals surface area contributed by atoms with E-state index in [4.69, 9.17) is 16.4 Å². The number of H-pyrrole nitrogens is 1. The van der Waals surface area contributed by atoms with Crippen LogP contribution in [0.3, 0.4) is 0 Å². The Morgan fingerprint density at radius 3 is 2.74 bits per heavy atom. The Morgan fingerprint density at radius 1 is 1.23 bits per heavy atom. The molecular weight excluding hydrogens is 394 g/mol. The highest BCUT2D eigenvalue weighted by atomic mass is 16.5. The number of anilines is 2. The number of hydrogen-bond acceptors (Lipinski definition) is 7. The molecule has 1 saturated heterocycles. The molecule has 1 aliphatic heterocycles. The van der Waals surface area contributed by atoms with E-state index >= 15 is 0 Å². The van der Waals surface area contributed by atoms with Crippen LogP contribution in [-0.2, 0) is 0 Å². The molecule has 0 bridgehead atoms. The van der Waals surface area contributed by atoms with Crippen molar-refractivity contribution < 1.29 is 9.84 Å². The van der Waals surface area contributed by atoms with Gasteiger partial charge >= 0.3 is 0 Å². The van der Waals surface area contributed by atoms with E-state index < -0.39 is 0 Å². The molecule has 31 heavy (non-hydrogen) atoms. The van der Waals surface area contributed by atoms with E-state index in [1.807, 2.05) is 6.07 Å². The lowest BCUT2D eigenvalue weighted by Gasteiger charge is -2.31. The van der Waals surface area contributed by atoms with Crippen molar-refractivity contribution in [2.45, 2.75) is 18.8 Å². The molecule has 0 radical (unpaired) electrons. The number of aliphatic hydroxyl groups is 1. The zero-order valence-corrected chi connectivity index (χ0v) is 17.4. The topological polar surface area (TPSA) is 104 Å². The van der Waals surface area contributed by atoms with Crippen molar-refractivity contribution in [2.75, 3.05) is 38.7 Å². The number of aromatic nitrogens is 4. The first-order valence-corrected chi connectivity index (χ1v) is 10.2. The van der Waals surface area contributed by atoms with Crippen LogP contribution in [0.1, 0.15) is 24.3 Å². The lowest BCUT2D eigenvalue weighted by atomic mass is 9.88. The van der Waals surface area contributed by atoms with Gasteiger partial charge in [-0.2, -0.15) is 5.10 Å². The van der Waals surface area contributed by atoms with Gasteiger partial charge in [0.1, 0.15) is 5.75 Å². The molecule has 2 aromatic heterocycles. The fourth-order valence-corrected chi connectivity index (χ4v) is 3.91. The Kier molecular flexibility index (Phi) is 6.40. The molecule has 0 amide bonds. The summed E-state index contributed by atoms with van der Waals surface area (Å²) in [4.78, 5) is 13.7. The van der Waals surface area contributed by atoms with Crippen LogP contribution in [0.5, 0.6) is 5.75 Å². The van der Waals surface area contributed by atoms with Gasteiger partial charge in [0.25, 0.3) is 5.82 Å². The highest BCUT2D eigenvalue weighted by Gasteiger charge is 2.21.